The third-order valence-electron chi connectivity index (χ3n) is 6.14. The fraction of sp³-hybridized carbons (Fsp3) is 1.00. The lowest BCUT2D eigenvalue weighted by molar-refractivity contribution is 0.153. The zero-order chi connectivity index (χ0) is 24.8. The van der Waals surface area contributed by atoms with Crippen LogP contribution in [0.4, 0.5) is 0 Å². The Labute approximate surface area is 213 Å². The highest BCUT2D eigenvalue weighted by atomic mass is 31.2. The summed E-state index contributed by atoms with van der Waals surface area (Å²) >= 11 is 0. The predicted molar refractivity (Wildman–Crippen MR) is 149 cm³/mol. The number of nitrogens with two attached hydrogens (primary N) is 3. The first kappa shape index (κ1) is 34.2. The minimum atomic E-state index is -1.20. The van der Waals surface area contributed by atoms with Crippen LogP contribution < -0.4 is 17.2 Å². The summed E-state index contributed by atoms with van der Waals surface area (Å²) in [6.45, 7) is 4.70. The molecule has 6 N–H and O–H groups in total. The molecule has 0 aromatic carbocycles. The van der Waals surface area contributed by atoms with Crippen LogP contribution in [-0.4, -0.2) is 39.5 Å². The molecule has 0 aliphatic heterocycles. The van der Waals surface area contributed by atoms with E-state index in [1.165, 1.54) is 96.3 Å². The fourth-order valence-electron chi connectivity index (χ4n) is 3.92. The lowest BCUT2D eigenvalue weighted by Gasteiger charge is -2.17. The van der Waals surface area contributed by atoms with Crippen molar-refractivity contribution in [1.82, 2.24) is 0 Å². The fourth-order valence-corrected chi connectivity index (χ4v) is 4.98. The number of hydrogen-bond donors (Lipinski definition) is 3. The molecule has 0 bridgehead atoms. The van der Waals surface area contributed by atoms with Gasteiger partial charge in [0.2, 0.25) is 0 Å². The lowest BCUT2D eigenvalue weighted by atomic mass is 10.1. The van der Waals surface area contributed by atoms with Gasteiger partial charge in [-0.15, -0.1) is 0 Å². The molecule has 0 saturated carbocycles. The second kappa shape index (κ2) is 31.2. The first-order chi connectivity index (χ1) is 16.8. The van der Waals surface area contributed by atoms with E-state index in [0.717, 1.165) is 78.0 Å². The van der Waals surface area contributed by atoms with Crippen LogP contribution in [0.2, 0.25) is 0 Å². The Hall–Kier alpha value is 0.190. The molecule has 0 saturated heterocycles. The molecule has 0 radical (unpaired) electrons. The smallest absolute Gasteiger partial charge is 0.330 e. The summed E-state index contributed by atoms with van der Waals surface area (Å²) in [7, 11) is -1.20. The Morgan fingerprint density at radius 2 is 0.500 bits per heavy atom. The topological polar surface area (TPSA) is 106 Å². The Morgan fingerprint density at radius 3 is 0.735 bits per heavy atom. The predicted octanol–water partition coefficient (Wildman–Crippen LogP) is 7.33. The summed E-state index contributed by atoms with van der Waals surface area (Å²) in [6.07, 6.45) is 25.9. The molecular weight excluding hydrogens is 445 g/mol. The molecule has 6 nitrogen and oxygen atoms in total. The molecule has 0 atom stereocenters. The highest BCUT2D eigenvalue weighted by Crippen LogP contribution is 2.40. The summed E-state index contributed by atoms with van der Waals surface area (Å²) in [6, 6.07) is 0. The maximum absolute atomic E-state index is 6.01. The number of unbranched alkanes of at least 4 members (excludes halogenated alkanes) is 18. The third kappa shape index (κ3) is 28.4. The van der Waals surface area contributed by atoms with Crippen LogP contribution in [0, 0.1) is 0 Å². The van der Waals surface area contributed by atoms with E-state index in [0.29, 0.717) is 0 Å². The van der Waals surface area contributed by atoms with Gasteiger partial charge in [0.15, 0.2) is 0 Å². The maximum atomic E-state index is 6.01. The van der Waals surface area contributed by atoms with Gasteiger partial charge in [0.05, 0.1) is 19.8 Å². The van der Waals surface area contributed by atoms with Crippen LogP contribution in [0.1, 0.15) is 135 Å². The lowest BCUT2D eigenvalue weighted by Crippen LogP contribution is -2.01. The van der Waals surface area contributed by atoms with Gasteiger partial charge < -0.3 is 30.8 Å². The summed E-state index contributed by atoms with van der Waals surface area (Å²) in [4.78, 5) is 0. The molecule has 7 heteroatoms. The number of hydrogen-bond acceptors (Lipinski definition) is 6. The average molecular weight is 506 g/mol. The van der Waals surface area contributed by atoms with Crippen molar-refractivity contribution in [2.75, 3.05) is 39.5 Å². The molecule has 0 aliphatic carbocycles. The van der Waals surface area contributed by atoms with Crippen LogP contribution in [-0.2, 0) is 13.6 Å². The normalized spacial score (nSPS) is 11.6. The number of rotatable bonds is 30. The first-order valence-corrected chi connectivity index (χ1v) is 15.7. The van der Waals surface area contributed by atoms with Gasteiger partial charge in [-0.1, -0.05) is 96.3 Å². The standard InChI is InChI=1S/C27H60N3O3P/c28-22-16-10-4-1-7-13-19-25-31-34(32-26-20-14-8-2-5-11-17-23-29)33-27-21-15-9-3-6-12-18-24-30/h1-30H2. The molecule has 34 heavy (non-hydrogen) atoms. The van der Waals surface area contributed by atoms with Crippen molar-refractivity contribution >= 4 is 8.60 Å². The Morgan fingerprint density at radius 1 is 0.294 bits per heavy atom. The van der Waals surface area contributed by atoms with Crippen molar-refractivity contribution in [3.05, 3.63) is 0 Å². The van der Waals surface area contributed by atoms with Crippen molar-refractivity contribution in [2.24, 2.45) is 17.2 Å². The third-order valence-corrected chi connectivity index (χ3v) is 7.32. The summed E-state index contributed by atoms with van der Waals surface area (Å²) in [5.74, 6) is 0. The Kier molecular flexibility index (Phi) is 31.4. The van der Waals surface area contributed by atoms with E-state index in [4.69, 9.17) is 30.8 Å². The zero-order valence-electron chi connectivity index (χ0n) is 22.5. The Bertz CT molecular complexity index is 316. The van der Waals surface area contributed by atoms with E-state index in [9.17, 15) is 0 Å². The van der Waals surface area contributed by atoms with Crippen molar-refractivity contribution in [3.8, 4) is 0 Å². The minimum Gasteiger partial charge on any atom is -0.330 e. The minimum absolute atomic E-state index is 0.747. The SMILES string of the molecule is NCCCCCCCCCOP(OCCCCCCCCCN)OCCCCCCCCCN. The van der Waals surface area contributed by atoms with Gasteiger partial charge in [-0.25, -0.2) is 0 Å². The van der Waals surface area contributed by atoms with Crippen molar-refractivity contribution < 1.29 is 13.6 Å². The molecule has 0 fully saturated rings. The highest BCUT2D eigenvalue weighted by molar-refractivity contribution is 7.41. The van der Waals surface area contributed by atoms with E-state index in [-0.39, 0.29) is 0 Å². The maximum Gasteiger partial charge on any atom is 0.332 e. The van der Waals surface area contributed by atoms with E-state index in [2.05, 4.69) is 0 Å². The van der Waals surface area contributed by atoms with Gasteiger partial charge >= 0.3 is 8.60 Å². The van der Waals surface area contributed by atoms with Gasteiger partial charge in [-0.2, -0.15) is 0 Å². The van der Waals surface area contributed by atoms with Gasteiger partial charge in [-0.05, 0) is 58.2 Å². The highest BCUT2D eigenvalue weighted by Gasteiger charge is 2.12. The molecule has 0 rings (SSSR count). The van der Waals surface area contributed by atoms with Crippen molar-refractivity contribution in [2.45, 2.75) is 135 Å². The second-order valence-electron chi connectivity index (χ2n) is 9.51. The monoisotopic (exact) mass is 505 g/mol. The average Bonchev–Trinajstić information content (AvgIpc) is 2.85. The zero-order valence-corrected chi connectivity index (χ0v) is 23.4. The molecule has 0 heterocycles. The van der Waals surface area contributed by atoms with Gasteiger partial charge in [0.1, 0.15) is 0 Å². The quantitative estimate of drug-likeness (QED) is 0.0697. The molecule has 0 amide bonds. The van der Waals surface area contributed by atoms with Crippen LogP contribution in [0.25, 0.3) is 0 Å². The van der Waals surface area contributed by atoms with Gasteiger partial charge in [-0.3, -0.25) is 0 Å². The largest absolute Gasteiger partial charge is 0.332 e. The second-order valence-corrected chi connectivity index (χ2v) is 10.7. The van der Waals surface area contributed by atoms with Crippen molar-refractivity contribution in [1.29, 1.82) is 0 Å². The van der Waals surface area contributed by atoms with E-state index in [1.807, 2.05) is 0 Å². The summed E-state index contributed by atoms with van der Waals surface area (Å²) < 4.78 is 18.0. The van der Waals surface area contributed by atoms with Crippen LogP contribution >= 0.6 is 8.60 Å². The van der Waals surface area contributed by atoms with E-state index < -0.39 is 8.60 Å². The van der Waals surface area contributed by atoms with E-state index in [1.54, 1.807) is 0 Å². The van der Waals surface area contributed by atoms with Crippen LogP contribution in [0.15, 0.2) is 0 Å². The van der Waals surface area contributed by atoms with Gasteiger partial charge in [0, 0.05) is 0 Å². The molecule has 206 valence electrons. The first-order valence-electron chi connectivity index (χ1n) is 14.6. The summed E-state index contributed by atoms with van der Waals surface area (Å²) in [5, 5.41) is 0. The van der Waals surface area contributed by atoms with E-state index >= 15 is 0 Å². The molecule has 0 aromatic heterocycles. The molecule has 0 unspecified atom stereocenters. The molecule has 0 spiro atoms. The van der Waals surface area contributed by atoms with Crippen LogP contribution in [0.3, 0.4) is 0 Å². The molecule has 0 aromatic rings. The molecular formula is C27H60N3O3P. The Balaban J connectivity index is 3.85. The van der Waals surface area contributed by atoms with Crippen LogP contribution in [0.5, 0.6) is 0 Å². The van der Waals surface area contributed by atoms with Gasteiger partial charge in [0.25, 0.3) is 0 Å². The molecule has 0 aliphatic rings. The summed E-state index contributed by atoms with van der Waals surface area (Å²) in [5.41, 5.74) is 16.7. The van der Waals surface area contributed by atoms with Crippen molar-refractivity contribution in [3.63, 3.8) is 0 Å².